The molecular formula is C25H24N4O6. The first kappa shape index (κ1) is 23.6. The third kappa shape index (κ3) is 4.86. The molecule has 4 rings (SSSR count). The number of hydrogen-bond acceptors (Lipinski definition) is 7. The average Bonchev–Trinajstić information content (AvgIpc) is 3.26. The second-order valence-corrected chi connectivity index (χ2v) is 7.64. The highest BCUT2D eigenvalue weighted by Gasteiger charge is 2.21. The number of fused-ring (bicyclic) bond motifs is 1. The van der Waals surface area contributed by atoms with E-state index in [1.54, 1.807) is 30.5 Å². The zero-order valence-electron chi connectivity index (χ0n) is 19.1. The van der Waals surface area contributed by atoms with E-state index in [4.69, 9.17) is 9.47 Å². The van der Waals surface area contributed by atoms with Crippen molar-refractivity contribution in [1.82, 2.24) is 14.5 Å². The van der Waals surface area contributed by atoms with Gasteiger partial charge in [-0.15, -0.1) is 0 Å². The third-order valence-electron chi connectivity index (χ3n) is 5.47. The lowest BCUT2D eigenvalue weighted by Crippen LogP contribution is -2.31. The number of aromatic hydroxyl groups is 1. The normalized spacial score (nSPS) is 12.2. The summed E-state index contributed by atoms with van der Waals surface area (Å²) in [5, 5.41) is 11.7. The van der Waals surface area contributed by atoms with Crippen LogP contribution in [0.15, 0.2) is 69.3 Å². The number of aliphatic imine (C=N–C) groups is 1. The Labute approximate surface area is 199 Å². The first-order chi connectivity index (χ1) is 16.9. The van der Waals surface area contributed by atoms with Gasteiger partial charge in [0, 0.05) is 29.7 Å². The molecule has 2 aromatic carbocycles. The van der Waals surface area contributed by atoms with Gasteiger partial charge in [-0.25, -0.2) is 14.2 Å². The lowest BCUT2D eigenvalue weighted by molar-refractivity contribution is -0.142. The second-order valence-electron chi connectivity index (χ2n) is 7.64. The fraction of sp³-hybridized carbons (Fsp3) is 0.200. The second kappa shape index (κ2) is 10.1. The number of esters is 1. The van der Waals surface area contributed by atoms with Crippen LogP contribution in [0.4, 0.5) is 0 Å². The molecule has 3 N–H and O–H groups in total. The number of benzene rings is 2. The summed E-state index contributed by atoms with van der Waals surface area (Å²) in [6, 6.07) is 13.0. The monoisotopic (exact) mass is 476 g/mol. The summed E-state index contributed by atoms with van der Waals surface area (Å²) in [6.07, 6.45) is 3.06. The zero-order chi connectivity index (χ0) is 24.9. The van der Waals surface area contributed by atoms with E-state index in [-0.39, 0.29) is 12.0 Å². The summed E-state index contributed by atoms with van der Waals surface area (Å²) in [4.78, 5) is 46.9. The molecule has 1 atom stereocenters. The first-order valence-corrected chi connectivity index (χ1v) is 10.9. The van der Waals surface area contributed by atoms with Crippen LogP contribution in [0.2, 0.25) is 0 Å². The number of nitrogens with one attached hydrogen (secondary N) is 2. The van der Waals surface area contributed by atoms with Gasteiger partial charge in [-0.3, -0.25) is 14.8 Å². The van der Waals surface area contributed by atoms with E-state index in [1.165, 1.54) is 7.11 Å². The van der Waals surface area contributed by atoms with Crippen LogP contribution in [-0.2, 0) is 16.0 Å². The van der Waals surface area contributed by atoms with Crippen LogP contribution in [0.3, 0.4) is 0 Å². The van der Waals surface area contributed by atoms with Crippen molar-refractivity contribution < 1.29 is 19.4 Å². The van der Waals surface area contributed by atoms with Gasteiger partial charge in [-0.1, -0.05) is 18.2 Å². The number of H-pyrrole nitrogens is 2. The highest BCUT2D eigenvalue weighted by Crippen LogP contribution is 2.21. The summed E-state index contributed by atoms with van der Waals surface area (Å²) in [5.74, 6) is -0.627. The smallest absolute Gasteiger partial charge is 0.335 e. The van der Waals surface area contributed by atoms with Crippen LogP contribution >= 0.6 is 0 Å². The number of methoxy groups -OCH3 is 1. The largest absolute Gasteiger partial charge is 0.494 e. The Morgan fingerprint density at radius 1 is 1.17 bits per heavy atom. The quantitative estimate of drug-likeness (QED) is 0.263. The van der Waals surface area contributed by atoms with Crippen molar-refractivity contribution in [2.24, 2.45) is 4.99 Å². The summed E-state index contributed by atoms with van der Waals surface area (Å²) in [5.41, 5.74) is 0.125. The maximum Gasteiger partial charge on any atom is 0.335 e. The molecule has 0 fully saturated rings. The van der Waals surface area contributed by atoms with Gasteiger partial charge < -0.3 is 19.6 Å². The molecule has 0 bridgehead atoms. The fourth-order valence-electron chi connectivity index (χ4n) is 3.76. The Balaban J connectivity index is 1.70. The Bertz CT molecular complexity index is 1500. The summed E-state index contributed by atoms with van der Waals surface area (Å²) < 4.78 is 11.2. The van der Waals surface area contributed by atoms with Gasteiger partial charge in [0.15, 0.2) is 6.04 Å². The number of rotatable bonds is 8. The van der Waals surface area contributed by atoms with Gasteiger partial charge in [0.25, 0.3) is 5.56 Å². The van der Waals surface area contributed by atoms with Gasteiger partial charge >= 0.3 is 11.7 Å². The number of aromatic nitrogens is 3. The Hall–Kier alpha value is -4.60. The molecule has 0 aliphatic heterocycles. The number of nitrogens with zero attached hydrogens (tertiary/aromatic N) is 2. The van der Waals surface area contributed by atoms with E-state index in [1.807, 2.05) is 31.2 Å². The van der Waals surface area contributed by atoms with Crippen molar-refractivity contribution in [3.63, 3.8) is 0 Å². The van der Waals surface area contributed by atoms with Crippen LogP contribution in [-0.4, -0.2) is 51.6 Å². The summed E-state index contributed by atoms with van der Waals surface area (Å²) >= 11 is 0. The van der Waals surface area contributed by atoms with E-state index >= 15 is 0 Å². The molecule has 0 amide bonds. The number of para-hydroxylation sites is 1. The maximum absolute atomic E-state index is 12.5. The Kier molecular flexibility index (Phi) is 6.81. The molecule has 0 saturated carbocycles. The number of hydrogen-bond donors (Lipinski definition) is 3. The number of aromatic amines is 2. The highest BCUT2D eigenvalue weighted by molar-refractivity contribution is 5.87. The average molecular weight is 476 g/mol. The van der Waals surface area contributed by atoms with Crippen LogP contribution < -0.4 is 16.0 Å². The highest BCUT2D eigenvalue weighted by atomic mass is 16.5. The summed E-state index contributed by atoms with van der Waals surface area (Å²) in [7, 11) is 1.25. The van der Waals surface area contributed by atoms with Crippen LogP contribution in [0.1, 0.15) is 18.1 Å². The molecule has 35 heavy (non-hydrogen) atoms. The van der Waals surface area contributed by atoms with E-state index in [2.05, 4.69) is 15.0 Å². The van der Waals surface area contributed by atoms with Gasteiger partial charge in [0.05, 0.1) is 19.4 Å². The minimum Gasteiger partial charge on any atom is -0.494 e. The molecule has 2 aromatic heterocycles. The first-order valence-electron chi connectivity index (χ1n) is 10.9. The molecule has 4 aromatic rings. The topological polar surface area (TPSA) is 139 Å². The molecule has 0 radical (unpaired) electrons. The predicted molar refractivity (Wildman–Crippen MR) is 131 cm³/mol. The van der Waals surface area contributed by atoms with Crippen molar-refractivity contribution in [2.75, 3.05) is 13.7 Å². The lowest BCUT2D eigenvalue weighted by Gasteiger charge is -2.12. The summed E-state index contributed by atoms with van der Waals surface area (Å²) in [6.45, 7) is 2.32. The minimum absolute atomic E-state index is 0.199. The van der Waals surface area contributed by atoms with E-state index in [0.717, 1.165) is 27.2 Å². The molecule has 10 nitrogen and oxygen atoms in total. The van der Waals surface area contributed by atoms with Crippen molar-refractivity contribution in [1.29, 1.82) is 0 Å². The molecule has 0 spiro atoms. The molecule has 0 aliphatic carbocycles. The van der Waals surface area contributed by atoms with Crippen LogP contribution in [0.25, 0.3) is 16.6 Å². The molecule has 0 aliphatic rings. The maximum atomic E-state index is 12.5. The van der Waals surface area contributed by atoms with Gasteiger partial charge in [0.2, 0.25) is 5.88 Å². The van der Waals surface area contributed by atoms with Gasteiger partial charge in [-0.2, -0.15) is 0 Å². The molecule has 2 heterocycles. The zero-order valence-corrected chi connectivity index (χ0v) is 19.1. The van der Waals surface area contributed by atoms with Gasteiger partial charge in [0.1, 0.15) is 11.3 Å². The SMILES string of the molecule is CCOc1ccc(-n2c(O)c(C=NC(Cc3c[nH]c4ccccc34)C(=O)OC)c(=O)[nH]c2=O)cc1. The van der Waals surface area contributed by atoms with E-state index < -0.39 is 29.1 Å². The molecule has 10 heteroatoms. The molecule has 180 valence electrons. The van der Waals surface area contributed by atoms with Crippen LogP contribution in [0, 0.1) is 0 Å². The van der Waals surface area contributed by atoms with Crippen molar-refractivity contribution in [3.05, 3.63) is 86.7 Å². The van der Waals surface area contributed by atoms with Crippen molar-refractivity contribution in [3.8, 4) is 17.3 Å². The lowest BCUT2D eigenvalue weighted by atomic mass is 10.1. The molecule has 0 saturated heterocycles. The minimum atomic E-state index is -0.983. The standard InChI is InChI=1S/C25H24N4O6/c1-3-35-17-10-8-16(9-11-17)29-23(31)19(22(30)28-25(29)33)14-27-21(24(32)34-2)12-15-13-26-20-7-5-4-6-18(15)20/h4-11,13-14,21,26,31H,3,12H2,1-2H3,(H,28,30,33). The number of carbonyl (C=O) groups excluding carboxylic acids is 1. The fourth-order valence-corrected chi connectivity index (χ4v) is 3.76. The van der Waals surface area contributed by atoms with Crippen LogP contribution in [0.5, 0.6) is 11.6 Å². The molecule has 1 unspecified atom stereocenters. The Morgan fingerprint density at radius 3 is 2.63 bits per heavy atom. The predicted octanol–water partition coefficient (Wildman–Crippen LogP) is 2.31. The van der Waals surface area contributed by atoms with E-state index in [0.29, 0.717) is 18.0 Å². The number of ether oxygens (including phenoxy) is 2. The Morgan fingerprint density at radius 2 is 1.91 bits per heavy atom. The van der Waals surface area contributed by atoms with Crippen molar-refractivity contribution >= 4 is 23.1 Å². The number of carbonyl (C=O) groups is 1. The van der Waals surface area contributed by atoms with Gasteiger partial charge in [-0.05, 0) is 42.8 Å². The third-order valence-corrected chi connectivity index (χ3v) is 5.47. The molecular weight excluding hydrogens is 452 g/mol. The van der Waals surface area contributed by atoms with Crippen molar-refractivity contribution in [2.45, 2.75) is 19.4 Å². The van der Waals surface area contributed by atoms with E-state index in [9.17, 15) is 19.5 Å².